The summed E-state index contributed by atoms with van der Waals surface area (Å²) in [5.74, 6) is 0.889. The number of hydrogen-bond donors (Lipinski definition) is 0. The van der Waals surface area contributed by atoms with Gasteiger partial charge in [-0.15, -0.1) is 0 Å². The van der Waals surface area contributed by atoms with Crippen LogP contribution in [0, 0.1) is 17.2 Å². The quantitative estimate of drug-likeness (QED) is 0.854. The van der Waals surface area contributed by atoms with Crippen LogP contribution in [0.3, 0.4) is 0 Å². The van der Waals surface area contributed by atoms with E-state index in [9.17, 15) is 0 Å². The molecule has 2 aliphatic rings. The van der Waals surface area contributed by atoms with E-state index in [-0.39, 0.29) is 0 Å². The molecule has 118 valence electrons. The first-order valence-corrected chi connectivity index (χ1v) is 8.77. The van der Waals surface area contributed by atoms with Crippen LogP contribution in [0.5, 0.6) is 0 Å². The van der Waals surface area contributed by atoms with Gasteiger partial charge in [-0.25, -0.2) is 0 Å². The van der Waals surface area contributed by atoms with Crippen LogP contribution in [0.4, 0.5) is 0 Å². The number of hydrogen-bond acceptors (Lipinski definition) is 3. The topological polar surface area (TPSA) is 30.3 Å². The maximum absolute atomic E-state index is 8.99. The second-order valence-electron chi connectivity index (χ2n) is 6.89. The summed E-state index contributed by atoms with van der Waals surface area (Å²) in [7, 11) is 0. The highest BCUT2D eigenvalue weighted by molar-refractivity contribution is 5.32. The summed E-state index contributed by atoms with van der Waals surface area (Å²) in [6.07, 6.45) is 6.88. The van der Waals surface area contributed by atoms with Crippen molar-refractivity contribution in [3.05, 3.63) is 35.4 Å². The van der Waals surface area contributed by atoms with Crippen molar-refractivity contribution < 1.29 is 0 Å². The number of benzene rings is 1. The van der Waals surface area contributed by atoms with Crippen molar-refractivity contribution in [2.75, 3.05) is 32.7 Å². The molecule has 1 aromatic carbocycles. The fourth-order valence-corrected chi connectivity index (χ4v) is 3.83. The number of nitriles is 1. The van der Waals surface area contributed by atoms with Gasteiger partial charge in [-0.1, -0.05) is 18.6 Å². The Labute approximate surface area is 134 Å². The average Bonchev–Trinajstić information content (AvgIpc) is 2.58. The van der Waals surface area contributed by atoms with E-state index in [1.807, 2.05) is 18.2 Å². The van der Waals surface area contributed by atoms with Crippen LogP contribution in [0.1, 0.15) is 43.2 Å². The van der Waals surface area contributed by atoms with Gasteiger partial charge in [0.1, 0.15) is 0 Å². The first-order valence-electron chi connectivity index (χ1n) is 8.77. The van der Waals surface area contributed by atoms with Crippen LogP contribution in [-0.2, 0) is 6.54 Å². The van der Waals surface area contributed by atoms with Crippen LogP contribution in [0.15, 0.2) is 24.3 Å². The summed E-state index contributed by atoms with van der Waals surface area (Å²) >= 11 is 0. The average molecular weight is 297 g/mol. The van der Waals surface area contributed by atoms with Crippen molar-refractivity contribution in [3.63, 3.8) is 0 Å². The number of piperidine rings is 2. The van der Waals surface area contributed by atoms with E-state index in [1.54, 1.807) is 0 Å². The van der Waals surface area contributed by atoms with E-state index in [0.29, 0.717) is 0 Å². The first-order chi connectivity index (χ1) is 10.8. The minimum atomic E-state index is 0.775. The molecule has 0 aliphatic carbocycles. The van der Waals surface area contributed by atoms with Gasteiger partial charge in [-0.2, -0.15) is 5.26 Å². The molecule has 0 aromatic heterocycles. The van der Waals surface area contributed by atoms with Crippen molar-refractivity contribution in [2.45, 2.75) is 38.6 Å². The molecular formula is C19H27N3. The minimum absolute atomic E-state index is 0.775. The van der Waals surface area contributed by atoms with Gasteiger partial charge in [0.2, 0.25) is 0 Å². The van der Waals surface area contributed by atoms with Crippen LogP contribution < -0.4 is 0 Å². The zero-order valence-electron chi connectivity index (χ0n) is 13.5. The fourth-order valence-electron chi connectivity index (χ4n) is 3.83. The smallest absolute Gasteiger partial charge is 0.0991 e. The lowest BCUT2D eigenvalue weighted by molar-refractivity contribution is 0.128. The molecule has 22 heavy (non-hydrogen) atoms. The van der Waals surface area contributed by atoms with Crippen LogP contribution in [-0.4, -0.2) is 42.5 Å². The second kappa shape index (κ2) is 7.76. The van der Waals surface area contributed by atoms with E-state index < -0.39 is 0 Å². The zero-order chi connectivity index (χ0) is 15.2. The third-order valence-corrected chi connectivity index (χ3v) is 5.13. The van der Waals surface area contributed by atoms with Gasteiger partial charge in [0.25, 0.3) is 0 Å². The lowest BCUT2D eigenvalue weighted by atomic mass is 9.95. The Morgan fingerprint density at radius 3 is 2.50 bits per heavy atom. The highest BCUT2D eigenvalue weighted by Crippen LogP contribution is 2.22. The molecule has 0 unspecified atom stereocenters. The van der Waals surface area contributed by atoms with Gasteiger partial charge in [0.05, 0.1) is 11.6 Å². The molecule has 0 spiro atoms. The van der Waals surface area contributed by atoms with Gasteiger partial charge in [0, 0.05) is 13.1 Å². The predicted octanol–water partition coefficient (Wildman–Crippen LogP) is 3.26. The Balaban J connectivity index is 1.44. The summed E-state index contributed by atoms with van der Waals surface area (Å²) in [5.41, 5.74) is 2.05. The Morgan fingerprint density at radius 1 is 1.00 bits per heavy atom. The zero-order valence-corrected chi connectivity index (χ0v) is 13.5. The van der Waals surface area contributed by atoms with Gasteiger partial charge in [0.15, 0.2) is 0 Å². The van der Waals surface area contributed by atoms with Gasteiger partial charge < -0.3 is 4.90 Å². The van der Waals surface area contributed by atoms with Crippen LogP contribution >= 0.6 is 0 Å². The lowest BCUT2D eigenvalue weighted by Gasteiger charge is -2.36. The molecule has 0 N–H and O–H groups in total. The van der Waals surface area contributed by atoms with Crippen molar-refractivity contribution in [3.8, 4) is 6.07 Å². The SMILES string of the molecule is N#Cc1cccc(CN2CCC(CN3CCCCC3)CC2)c1. The van der Waals surface area contributed by atoms with E-state index in [2.05, 4.69) is 21.9 Å². The Morgan fingerprint density at radius 2 is 1.77 bits per heavy atom. The summed E-state index contributed by atoms with van der Waals surface area (Å²) in [5, 5.41) is 8.99. The van der Waals surface area contributed by atoms with Crippen molar-refractivity contribution in [2.24, 2.45) is 5.92 Å². The third kappa shape index (κ3) is 4.32. The summed E-state index contributed by atoms with van der Waals surface area (Å²) in [6, 6.07) is 10.3. The van der Waals surface area contributed by atoms with E-state index >= 15 is 0 Å². The maximum atomic E-state index is 8.99. The molecule has 2 heterocycles. The molecule has 3 nitrogen and oxygen atoms in total. The summed E-state index contributed by atoms with van der Waals surface area (Å²) < 4.78 is 0. The van der Waals surface area contributed by atoms with E-state index in [1.165, 1.54) is 70.4 Å². The standard InChI is InChI=1S/C19H27N3/c20-14-18-5-4-6-19(13-18)16-22-11-7-17(8-12-22)15-21-9-2-1-3-10-21/h4-6,13,17H,1-3,7-12,15-16H2. The Kier molecular flexibility index (Phi) is 5.48. The molecule has 1 aromatic rings. The third-order valence-electron chi connectivity index (χ3n) is 5.13. The second-order valence-corrected chi connectivity index (χ2v) is 6.89. The molecule has 0 saturated carbocycles. The van der Waals surface area contributed by atoms with Crippen molar-refractivity contribution >= 4 is 0 Å². The number of nitrogens with zero attached hydrogens (tertiary/aromatic N) is 3. The van der Waals surface area contributed by atoms with Crippen LogP contribution in [0.25, 0.3) is 0 Å². The molecule has 0 bridgehead atoms. The summed E-state index contributed by atoms with van der Waals surface area (Å²) in [6.45, 7) is 7.36. The Hall–Kier alpha value is -1.37. The molecule has 2 saturated heterocycles. The molecule has 0 atom stereocenters. The van der Waals surface area contributed by atoms with Crippen molar-refractivity contribution in [1.82, 2.24) is 9.80 Å². The minimum Gasteiger partial charge on any atom is -0.303 e. The van der Waals surface area contributed by atoms with E-state index in [4.69, 9.17) is 5.26 Å². The van der Waals surface area contributed by atoms with Crippen LogP contribution in [0.2, 0.25) is 0 Å². The monoisotopic (exact) mass is 297 g/mol. The van der Waals surface area contributed by atoms with Gasteiger partial charge >= 0.3 is 0 Å². The van der Waals surface area contributed by atoms with E-state index in [0.717, 1.165) is 18.0 Å². The normalized spacial score (nSPS) is 21.6. The van der Waals surface area contributed by atoms with Gasteiger partial charge in [-0.05, 0) is 75.5 Å². The molecule has 0 radical (unpaired) electrons. The highest BCUT2D eigenvalue weighted by atomic mass is 15.1. The first kappa shape index (κ1) is 15.5. The number of likely N-dealkylation sites (tertiary alicyclic amines) is 2. The molecule has 2 fully saturated rings. The predicted molar refractivity (Wildman–Crippen MR) is 89.4 cm³/mol. The lowest BCUT2D eigenvalue weighted by Crippen LogP contribution is -2.40. The molecule has 3 heteroatoms. The fraction of sp³-hybridized carbons (Fsp3) is 0.632. The molecule has 3 rings (SSSR count). The highest BCUT2D eigenvalue weighted by Gasteiger charge is 2.22. The number of rotatable bonds is 4. The molecule has 2 aliphatic heterocycles. The summed E-state index contributed by atoms with van der Waals surface area (Å²) in [4.78, 5) is 5.23. The largest absolute Gasteiger partial charge is 0.303 e. The Bertz CT molecular complexity index is 506. The molecule has 0 amide bonds. The maximum Gasteiger partial charge on any atom is 0.0991 e. The van der Waals surface area contributed by atoms with Crippen molar-refractivity contribution in [1.29, 1.82) is 5.26 Å². The van der Waals surface area contributed by atoms with Gasteiger partial charge in [-0.3, -0.25) is 4.90 Å². The molecular weight excluding hydrogens is 270 g/mol.